The van der Waals surface area contributed by atoms with Crippen LogP contribution in [0, 0.1) is 0 Å². The summed E-state index contributed by atoms with van der Waals surface area (Å²) in [7, 11) is -3.26. The number of rotatable bonds is 6. The maximum Gasteiger partial charge on any atom is 0.245 e. The Bertz CT molecular complexity index is 956. The molecular formula is C21H24N2O4S. The van der Waals surface area contributed by atoms with E-state index in [1.54, 1.807) is 28.9 Å². The molecule has 1 aliphatic heterocycles. The minimum absolute atomic E-state index is 0.0664. The molecule has 1 fully saturated rings. The minimum atomic E-state index is -3.26. The molecule has 1 atom stereocenters. The highest BCUT2D eigenvalue weighted by Gasteiger charge is 2.36. The quantitative estimate of drug-likeness (QED) is 0.742. The van der Waals surface area contributed by atoms with Crippen LogP contribution in [-0.2, 0) is 32.4 Å². The maximum atomic E-state index is 12.7. The van der Waals surface area contributed by atoms with Crippen LogP contribution in [0.1, 0.15) is 18.1 Å². The Labute approximate surface area is 165 Å². The standard InChI is InChI=1S/C21H24N2O4S/c1-16-21(25)22(13-12-17-6-4-3-5-7-17)15-20(24)23(16)14-18-8-10-19(11-9-18)28(2,26)27/h3-11,16H,12-15H2,1-2H3/t16-/m1/s1. The molecule has 1 heterocycles. The van der Waals surface area contributed by atoms with E-state index in [0.29, 0.717) is 13.0 Å². The van der Waals surface area contributed by atoms with Gasteiger partial charge in [-0.05, 0) is 36.6 Å². The van der Waals surface area contributed by atoms with Crippen molar-refractivity contribution in [1.29, 1.82) is 0 Å². The molecule has 0 radical (unpaired) electrons. The Hall–Kier alpha value is -2.67. The summed E-state index contributed by atoms with van der Waals surface area (Å²) in [6.07, 6.45) is 1.86. The second-order valence-corrected chi connectivity index (χ2v) is 9.12. The van der Waals surface area contributed by atoms with E-state index >= 15 is 0 Å². The number of nitrogens with zero attached hydrogens (tertiary/aromatic N) is 2. The summed E-state index contributed by atoms with van der Waals surface area (Å²) in [4.78, 5) is 28.8. The van der Waals surface area contributed by atoms with E-state index in [9.17, 15) is 18.0 Å². The number of hydrogen-bond donors (Lipinski definition) is 0. The highest BCUT2D eigenvalue weighted by atomic mass is 32.2. The molecule has 6 nitrogen and oxygen atoms in total. The number of carbonyl (C=O) groups excluding carboxylic acids is 2. The van der Waals surface area contributed by atoms with Crippen LogP contribution in [0.2, 0.25) is 0 Å². The lowest BCUT2D eigenvalue weighted by Gasteiger charge is -2.39. The molecule has 0 bridgehead atoms. The number of hydrogen-bond acceptors (Lipinski definition) is 4. The van der Waals surface area contributed by atoms with Crippen molar-refractivity contribution in [3.05, 3.63) is 65.7 Å². The third-order valence-electron chi connectivity index (χ3n) is 5.00. The molecule has 3 rings (SSSR count). The topological polar surface area (TPSA) is 74.8 Å². The fourth-order valence-corrected chi connectivity index (χ4v) is 3.94. The van der Waals surface area contributed by atoms with Crippen LogP contribution in [0.4, 0.5) is 0 Å². The lowest BCUT2D eigenvalue weighted by Crippen LogP contribution is -2.58. The average molecular weight is 401 g/mol. The molecule has 0 unspecified atom stereocenters. The maximum absolute atomic E-state index is 12.7. The molecule has 148 valence electrons. The molecule has 7 heteroatoms. The van der Waals surface area contributed by atoms with Crippen molar-refractivity contribution in [2.75, 3.05) is 19.3 Å². The van der Waals surface area contributed by atoms with Gasteiger partial charge in [0, 0.05) is 19.3 Å². The van der Waals surface area contributed by atoms with Crippen LogP contribution in [0.25, 0.3) is 0 Å². The summed E-state index contributed by atoms with van der Waals surface area (Å²) >= 11 is 0. The van der Waals surface area contributed by atoms with E-state index in [4.69, 9.17) is 0 Å². The van der Waals surface area contributed by atoms with Crippen LogP contribution in [0.3, 0.4) is 0 Å². The molecule has 0 aliphatic carbocycles. The molecule has 1 saturated heterocycles. The predicted molar refractivity (Wildman–Crippen MR) is 106 cm³/mol. The molecule has 0 N–H and O–H groups in total. The second kappa shape index (κ2) is 8.14. The Kier molecular flexibility index (Phi) is 5.84. The highest BCUT2D eigenvalue weighted by molar-refractivity contribution is 7.90. The summed E-state index contributed by atoms with van der Waals surface area (Å²) in [5.41, 5.74) is 1.92. The smallest absolute Gasteiger partial charge is 0.245 e. The highest BCUT2D eigenvalue weighted by Crippen LogP contribution is 2.18. The van der Waals surface area contributed by atoms with Gasteiger partial charge in [0.05, 0.1) is 11.4 Å². The van der Waals surface area contributed by atoms with E-state index in [-0.39, 0.29) is 29.8 Å². The normalized spacial score (nSPS) is 17.9. The first-order valence-electron chi connectivity index (χ1n) is 9.17. The molecule has 2 aromatic rings. The van der Waals surface area contributed by atoms with Gasteiger partial charge in [-0.25, -0.2) is 8.42 Å². The number of carbonyl (C=O) groups is 2. The van der Waals surface area contributed by atoms with Gasteiger partial charge in [-0.15, -0.1) is 0 Å². The van der Waals surface area contributed by atoms with Crippen LogP contribution in [-0.4, -0.2) is 55.4 Å². The van der Waals surface area contributed by atoms with E-state index in [0.717, 1.165) is 17.4 Å². The van der Waals surface area contributed by atoms with Gasteiger partial charge in [0.15, 0.2) is 9.84 Å². The molecule has 0 saturated carbocycles. The second-order valence-electron chi connectivity index (χ2n) is 7.11. The summed E-state index contributed by atoms with van der Waals surface area (Å²) in [5, 5.41) is 0. The largest absolute Gasteiger partial charge is 0.331 e. The molecule has 2 amide bonds. The lowest BCUT2D eigenvalue weighted by atomic mass is 10.1. The molecule has 0 aromatic heterocycles. The third-order valence-corrected chi connectivity index (χ3v) is 6.13. The fourth-order valence-electron chi connectivity index (χ4n) is 3.31. The fraction of sp³-hybridized carbons (Fsp3) is 0.333. The van der Waals surface area contributed by atoms with Gasteiger partial charge in [-0.3, -0.25) is 9.59 Å². The molecule has 1 aliphatic rings. The number of piperazine rings is 1. The van der Waals surface area contributed by atoms with Gasteiger partial charge in [0.2, 0.25) is 11.8 Å². The van der Waals surface area contributed by atoms with Crippen molar-refractivity contribution in [3.63, 3.8) is 0 Å². The van der Waals surface area contributed by atoms with Crippen LogP contribution >= 0.6 is 0 Å². The van der Waals surface area contributed by atoms with Gasteiger partial charge < -0.3 is 9.80 Å². The lowest BCUT2D eigenvalue weighted by molar-refractivity contribution is -0.155. The van der Waals surface area contributed by atoms with Crippen molar-refractivity contribution in [1.82, 2.24) is 9.80 Å². The number of benzene rings is 2. The van der Waals surface area contributed by atoms with Crippen LogP contribution in [0.15, 0.2) is 59.5 Å². The molecule has 28 heavy (non-hydrogen) atoms. The monoisotopic (exact) mass is 400 g/mol. The van der Waals surface area contributed by atoms with Crippen molar-refractivity contribution < 1.29 is 18.0 Å². The Morgan fingerprint density at radius 1 is 0.964 bits per heavy atom. The van der Waals surface area contributed by atoms with E-state index in [2.05, 4.69) is 0 Å². The first-order chi connectivity index (χ1) is 13.3. The molecular weight excluding hydrogens is 376 g/mol. The van der Waals surface area contributed by atoms with Crippen LogP contribution in [0.5, 0.6) is 0 Å². The summed E-state index contributed by atoms with van der Waals surface area (Å²) < 4.78 is 23.1. The zero-order valence-electron chi connectivity index (χ0n) is 16.0. The van der Waals surface area contributed by atoms with Gasteiger partial charge >= 0.3 is 0 Å². The minimum Gasteiger partial charge on any atom is -0.331 e. The van der Waals surface area contributed by atoms with E-state index < -0.39 is 15.9 Å². The first-order valence-corrected chi connectivity index (χ1v) is 11.1. The average Bonchev–Trinajstić information content (AvgIpc) is 2.67. The Balaban J connectivity index is 1.65. The Morgan fingerprint density at radius 2 is 1.61 bits per heavy atom. The SMILES string of the molecule is C[C@@H]1C(=O)N(CCc2ccccc2)CC(=O)N1Cc1ccc(S(C)(=O)=O)cc1. The van der Waals surface area contributed by atoms with Gasteiger partial charge in [-0.1, -0.05) is 42.5 Å². The zero-order valence-corrected chi connectivity index (χ0v) is 16.9. The summed E-state index contributed by atoms with van der Waals surface area (Å²) in [6.45, 7) is 2.59. The van der Waals surface area contributed by atoms with Crippen molar-refractivity contribution >= 4 is 21.7 Å². The van der Waals surface area contributed by atoms with Gasteiger partial charge in [0.1, 0.15) is 6.04 Å². The van der Waals surface area contributed by atoms with Crippen LogP contribution < -0.4 is 0 Å². The predicted octanol–water partition coefficient (Wildman–Crippen LogP) is 1.89. The van der Waals surface area contributed by atoms with Gasteiger partial charge in [-0.2, -0.15) is 0 Å². The molecule has 0 spiro atoms. The summed E-state index contributed by atoms with van der Waals surface area (Å²) in [5.74, 6) is -0.171. The summed E-state index contributed by atoms with van der Waals surface area (Å²) in [6, 6.07) is 15.7. The van der Waals surface area contributed by atoms with Crippen molar-refractivity contribution in [3.8, 4) is 0 Å². The third kappa shape index (κ3) is 4.59. The molecule has 2 aromatic carbocycles. The number of sulfone groups is 1. The number of amides is 2. The van der Waals surface area contributed by atoms with Crippen molar-refractivity contribution in [2.24, 2.45) is 0 Å². The Morgan fingerprint density at radius 3 is 2.21 bits per heavy atom. The van der Waals surface area contributed by atoms with Crippen molar-refractivity contribution in [2.45, 2.75) is 30.8 Å². The first kappa shape index (κ1) is 20.1. The zero-order chi connectivity index (χ0) is 20.3. The van der Waals surface area contributed by atoms with E-state index in [1.165, 1.54) is 12.1 Å². The van der Waals surface area contributed by atoms with E-state index in [1.807, 2.05) is 30.3 Å². The van der Waals surface area contributed by atoms with Gasteiger partial charge in [0.25, 0.3) is 0 Å².